The average molecular weight is 190 g/mol. The van der Waals surface area contributed by atoms with Gasteiger partial charge in [0, 0.05) is 5.57 Å². The molecular formula is C13H18O. The van der Waals surface area contributed by atoms with Gasteiger partial charge in [0.15, 0.2) is 0 Å². The Labute approximate surface area is 86.1 Å². The van der Waals surface area contributed by atoms with Crippen molar-refractivity contribution >= 4 is 5.57 Å². The van der Waals surface area contributed by atoms with Crippen LogP contribution < -0.4 is 0 Å². The van der Waals surface area contributed by atoms with E-state index in [1.165, 1.54) is 11.1 Å². The molecule has 14 heavy (non-hydrogen) atoms. The van der Waals surface area contributed by atoms with Crippen molar-refractivity contribution in [1.82, 2.24) is 0 Å². The van der Waals surface area contributed by atoms with Crippen LogP contribution in [-0.4, -0.2) is 0 Å². The number of allylic oxidation sites excluding steroid dienone is 3. The van der Waals surface area contributed by atoms with E-state index < -0.39 is 0 Å². The standard InChI is InChI=1S/C13H18O/c1-6-7-11(13(3,4)5)12-10(2)8-9-14-12/h6-9H,1H2,2-5H3/b11-7+. The molecule has 0 saturated heterocycles. The van der Waals surface area contributed by atoms with Crippen molar-refractivity contribution in [3.05, 3.63) is 42.4 Å². The molecule has 0 aliphatic rings. The molecule has 1 aromatic rings. The maximum Gasteiger partial charge on any atom is 0.133 e. The summed E-state index contributed by atoms with van der Waals surface area (Å²) in [6.45, 7) is 12.3. The molecule has 0 N–H and O–H groups in total. The molecule has 1 nitrogen and oxygen atoms in total. The first-order valence-corrected chi connectivity index (χ1v) is 4.84. The Morgan fingerprint density at radius 3 is 2.43 bits per heavy atom. The molecule has 0 aromatic carbocycles. The Hall–Kier alpha value is -1.24. The SMILES string of the molecule is C=C/C=C(\c1occc1C)C(C)(C)C. The van der Waals surface area contributed by atoms with E-state index >= 15 is 0 Å². The maximum atomic E-state index is 5.49. The molecule has 0 aliphatic carbocycles. The van der Waals surface area contributed by atoms with Crippen LogP contribution in [0.4, 0.5) is 0 Å². The van der Waals surface area contributed by atoms with Crippen molar-refractivity contribution < 1.29 is 4.42 Å². The summed E-state index contributed by atoms with van der Waals surface area (Å²) in [5, 5.41) is 0. The molecule has 1 heterocycles. The molecule has 0 saturated carbocycles. The third kappa shape index (κ3) is 2.16. The van der Waals surface area contributed by atoms with Gasteiger partial charge in [-0.05, 0) is 24.0 Å². The lowest BCUT2D eigenvalue weighted by atomic mass is 9.83. The topological polar surface area (TPSA) is 13.1 Å². The highest BCUT2D eigenvalue weighted by molar-refractivity contribution is 5.69. The van der Waals surface area contributed by atoms with Crippen LogP contribution in [-0.2, 0) is 0 Å². The fourth-order valence-corrected chi connectivity index (χ4v) is 1.43. The normalized spacial score (nSPS) is 13.0. The van der Waals surface area contributed by atoms with Gasteiger partial charge in [-0.1, -0.05) is 39.5 Å². The van der Waals surface area contributed by atoms with Crippen LogP contribution >= 0.6 is 0 Å². The predicted octanol–water partition coefficient (Wildman–Crippen LogP) is 4.20. The molecule has 0 aliphatic heterocycles. The first-order chi connectivity index (χ1) is 6.46. The molecular weight excluding hydrogens is 172 g/mol. The van der Waals surface area contributed by atoms with Crippen LogP contribution in [0.15, 0.2) is 35.5 Å². The summed E-state index contributed by atoms with van der Waals surface area (Å²) in [4.78, 5) is 0. The fourth-order valence-electron chi connectivity index (χ4n) is 1.43. The zero-order valence-corrected chi connectivity index (χ0v) is 9.42. The minimum atomic E-state index is 0.0802. The predicted molar refractivity (Wildman–Crippen MR) is 61.1 cm³/mol. The summed E-state index contributed by atoms with van der Waals surface area (Å²) in [6, 6.07) is 1.98. The largest absolute Gasteiger partial charge is 0.464 e. The fraction of sp³-hybridized carbons (Fsp3) is 0.385. The third-order valence-corrected chi connectivity index (χ3v) is 2.20. The molecule has 0 unspecified atom stereocenters. The molecule has 0 bridgehead atoms. The minimum Gasteiger partial charge on any atom is -0.464 e. The van der Waals surface area contributed by atoms with Crippen molar-refractivity contribution in [2.24, 2.45) is 5.41 Å². The third-order valence-electron chi connectivity index (χ3n) is 2.20. The van der Waals surface area contributed by atoms with Crippen molar-refractivity contribution in [2.45, 2.75) is 27.7 Å². The van der Waals surface area contributed by atoms with Crippen LogP contribution in [0.5, 0.6) is 0 Å². The van der Waals surface area contributed by atoms with Gasteiger partial charge in [-0.3, -0.25) is 0 Å². The number of hydrogen-bond donors (Lipinski definition) is 0. The van der Waals surface area contributed by atoms with Gasteiger partial charge in [-0.25, -0.2) is 0 Å². The molecule has 0 fully saturated rings. The molecule has 76 valence electrons. The van der Waals surface area contributed by atoms with Gasteiger partial charge >= 0.3 is 0 Å². The summed E-state index contributed by atoms with van der Waals surface area (Å²) in [5.41, 5.74) is 2.44. The van der Waals surface area contributed by atoms with E-state index in [2.05, 4.69) is 34.3 Å². The Balaban J connectivity index is 3.21. The number of hydrogen-bond acceptors (Lipinski definition) is 1. The quantitative estimate of drug-likeness (QED) is 0.637. The summed E-state index contributed by atoms with van der Waals surface area (Å²) in [7, 11) is 0. The number of rotatable bonds is 2. The van der Waals surface area contributed by atoms with E-state index in [0.717, 1.165) is 5.76 Å². The highest BCUT2D eigenvalue weighted by atomic mass is 16.3. The van der Waals surface area contributed by atoms with E-state index in [1.807, 2.05) is 18.2 Å². The molecule has 0 spiro atoms. The minimum absolute atomic E-state index is 0.0802. The van der Waals surface area contributed by atoms with E-state index in [1.54, 1.807) is 6.26 Å². The van der Waals surface area contributed by atoms with Crippen LogP contribution in [0.25, 0.3) is 5.57 Å². The lowest BCUT2D eigenvalue weighted by Crippen LogP contribution is -2.08. The van der Waals surface area contributed by atoms with E-state index in [-0.39, 0.29) is 5.41 Å². The second-order valence-corrected chi connectivity index (χ2v) is 4.50. The van der Waals surface area contributed by atoms with Crippen LogP contribution in [0.1, 0.15) is 32.1 Å². The molecule has 0 radical (unpaired) electrons. The van der Waals surface area contributed by atoms with Gasteiger partial charge in [0.05, 0.1) is 6.26 Å². The number of aryl methyl sites for hydroxylation is 1. The van der Waals surface area contributed by atoms with Gasteiger partial charge in [-0.15, -0.1) is 0 Å². The first kappa shape index (κ1) is 10.8. The highest BCUT2D eigenvalue weighted by Crippen LogP contribution is 2.35. The van der Waals surface area contributed by atoms with E-state index in [9.17, 15) is 0 Å². The molecule has 1 heteroatoms. The summed E-state index contributed by atoms with van der Waals surface area (Å²) < 4.78 is 5.49. The Morgan fingerprint density at radius 1 is 1.43 bits per heavy atom. The maximum absolute atomic E-state index is 5.49. The number of furan rings is 1. The molecule has 1 rings (SSSR count). The monoisotopic (exact) mass is 190 g/mol. The Kier molecular flexibility index (Phi) is 3.00. The van der Waals surface area contributed by atoms with Gasteiger partial charge in [0.25, 0.3) is 0 Å². The zero-order chi connectivity index (χ0) is 10.8. The Morgan fingerprint density at radius 2 is 2.07 bits per heavy atom. The zero-order valence-electron chi connectivity index (χ0n) is 9.42. The van der Waals surface area contributed by atoms with Crippen LogP contribution in [0.3, 0.4) is 0 Å². The van der Waals surface area contributed by atoms with Gasteiger partial charge in [0.2, 0.25) is 0 Å². The van der Waals surface area contributed by atoms with Gasteiger partial charge in [-0.2, -0.15) is 0 Å². The summed E-state index contributed by atoms with van der Waals surface area (Å²) in [6.07, 6.45) is 5.56. The van der Waals surface area contributed by atoms with Gasteiger partial charge < -0.3 is 4.42 Å². The van der Waals surface area contributed by atoms with Gasteiger partial charge in [0.1, 0.15) is 5.76 Å². The summed E-state index contributed by atoms with van der Waals surface area (Å²) >= 11 is 0. The van der Waals surface area contributed by atoms with E-state index in [0.29, 0.717) is 0 Å². The van der Waals surface area contributed by atoms with E-state index in [4.69, 9.17) is 4.42 Å². The van der Waals surface area contributed by atoms with Crippen LogP contribution in [0.2, 0.25) is 0 Å². The Bertz CT molecular complexity index is 348. The van der Waals surface area contributed by atoms with Crippen LogP contribution in [0, 0.1) is 12.3 Å². The highest BCUT2D eigenvalue weighted by Gasteiger charge is 2.21. The second kappa shape index (κ2) is 3.87. The van der Waals surface area contributed by atoms with Crippen molar-refractivity contribution in [3.63, 3.8) is 0 Å². The lowest BCUT2D eigenvalue weighted by Gasteiger charge is -2.21. The lowest BCUT2D eigenvalue weighted by molar-refractivity contribution is 0.503. The molecule has 0 atom stereocenters. The molecule has 1 aromatic heterocycles. The average Bonchev–Trinajstić information content (AvgIpc) is 2.45. The molecule has 0 amide bonds. The first-order valence-electron chi connectivity index (χ1n) is 4.84. The summed E-state index contributed by atoms with van der Waals surface area (Å²) in [5.74, 6) is 0.970. The second-order valence-electron chi connectivity index (χ2n) is 4.50. The smallest absolute Gasteiger partial charge is 0.133 e. The van der Waals surface area contributed by atoms with Crippen molar-refractivity contribution in [3.8, 4) is 0 Å². The van der Waals surface area contributed by atoms with Crippen molar-refractivity contribution in [2.75, 3.05) is 0 Å². The van der Waals surface area contributed by atoms with Crippen molar-refractivity contribution in [1.29, 1.82) is 0 Å².